The van der Waals surface area contributed by atoms with Crippen LogP contribution in [-0.4, -0.2) is 38.4 Å². The van der Waals surface area contributed by atoms with Gasteiger partial charge < -0.3 is 25.1 Å². The highest BCUT2D eigenvalue weighted by atomic mass is 16.5. The number of carboxylic acids is 1. The van der Waals surface area contributed by atoms with Crippen LogP contribution in [0.1, 0.15) is 31.7 Å². The molecule has 0 saturated carbocycles. The molecule has 1 rings (SSSR count). The van der Waals surface area contributed by atoms with E-state index in [1.807, 2.05) is 13.8 Å². The van der Waals surface area contributed by atoms with E-state index in [2.05, 4.69) is 0 Å². The average molecular weight is 311 g/mol. The van der Waals surface area contributed by atoms with Crippen molar-refractivity contribution < 1.29 is 24.1 Å². The minimum absolute atomic E-state index is 0.0150. The van der Waals surface area contributed by atoms with E-state index in [0.717, 1.165) is 5.56 Å². The Balaban J connectivity index is 3.15. The summed E-state index contributed by atoms with van der Waals surface area (Å²) >= 11 is 0. The number of hydrogen-bond donors (Lipinski definition) is 2. The highest BCUT2D eigenvalue weighted by molar-refractivity contribution is 5.73. The standard InChI is InChI=1S/C16H25NO5/c1-9(6-12(17)16(18)19)10(2)15-13(21-4)7-11(20-3)8-14(15)22-5/h7-10,12H,6,17H2,1-5H3,(H,18,19). The molecule has 0 aromatic heterocycles. The first-order valence-electron chi connectivity index (χ1n) is 7.13. The monoisotopic (exact) mass is 311 g/mol. The molecule has 6 nitrogen and oxygen atoms in total. The van der Waals surface area contributed by atoms with Crippen LogP contribution in [0.15, 0.2) is 12.1 Å². The Morgan fingerprint density at radius 2 is 1.64 bits per heavy atom. The van der Waals surface area contributed by atoms with Gasteiger partial charge in [-0.2, -0.15) is 0 Å². The summed E-state index contributed by atoms with van der Waals surface area (Å²) < 4.78 is 16.1. The molecule has 0 amide bonds. The minimum atomic E-state index is -0.993. The van der Waals surface area contributed by atoms with Gasteiger partial charge in [0.1, 0.15) is 23.3 Å². The van der Waals surface area contributed by atoms with Gasteiger partial charge in [0, 0.05) is 17.7 Å². The summed E-state index contributed by atoms with van der Waals surface area (Å²) in [4.78, 5) is 10.9. The van der Waals surface area contributed by atoms with Crippen LogP contribution in [0.3, 0.4) is 0 Å². The first kappa shape index (κ1) is 18.1. The lowest BCUT2D eigenvalue weighted by atomic mass is 9.83. The van der Waals surface area contributed by atoms with Crippen molar-refractivity contribution >= 4 is 5.97 Å². The SMILES string of the molecule is COc1cc(OC)c(C(C)C(C)CC(N)C(=O)O)c(OC)c1. The van der Waals surface area contributed by atoms with Crippen LogP contribution in [0.4, 0.5) is 0 Å². The van der Waals surface area contributed by atoms with Crippen molar-refractivity contribution in [1.82, 2.24) is 0 Å². The van der Waals surface area contributed by atoms with Gasteiger partial charge in [-0.05, 0) is 18.3 Å². The van der Waals surface area contributed by atoms with E-state index in [1.165, 1.54) is 0 Å². The molecule has 0 aliphatic carbocycles. The zero-order valence-electron chi connectivity index (χ0n) is 13.8. The van der Waals surface area contributed by atoms with E-state index < -0.39 is 12.0 Å². The molecule has 6 heteroatoms. The van der Waals surface area contributed by atoms with Gasteiger partial charge in [0.15, 0.2) is 0 Å². The highest BCUT2D eigenvalue weighted by Crippen LogP contribution is 2.42. The van der Waals surface area contributed by atoms with E-state index in [0.29, 0.717) is 23.7 Å². The van der Waals surface area contributed by atoms with Crippen LogP contribution in [0, 0.1) is 5.92 Å². The molecule has 1 aromatic rings. The predicted octanol–water partition coefficient (Wildman–Crippen LogP) is 2.25. The molecular formula is C16H25NO5. The molecule has 0 aliphatic rings. The molecule has 0 bridgehead atoms. The molecule has 1 aromatic carbocycles. The number of hydrogen-bond acceptors (Lipinski definition) is 5. The second-order valence-corrected chi connectivity index (χ2v) is 5.39. The number of rotatable bonds is 8. The van der Waals surface area contributed by atoms with Crippen LogP contribution in [0.2, 0.25) is 0 Å². The Bertz CT molecular complexity index is 492. The third kappa shape index (κ3) is 4.04. The number of benzene rings is 1. The first-order chi connectivity index (χ1) is 10.3. The quantitative estimate of drug-likeness (QED) is 0.765. The fourth-order valence-corrected chi connectivity index (χ4v) is 2.47. The summed E-state index contributed by atoms with van der Waals surface area (Å²) in [5.74, 6) is 1.01. The number of nitrogens with two attached hydrogens (primary N) is 1. The van der Waals surface area contributed by atoms with Crippen molar-refractivity contribution in [2.24, 2.45) is 11.7 Å². The maximum Gasteiger partial charge on any atom is 0.320 e. The molecule has 3 atom stereocenters. The summed E-state index contributed by atoms with van der Waals surface area (Å²) in [5.41, 5.74) is 6.52. The van der Waals surface area contributed by atoms with Gasteiger partial charge in [0.2, 0.25) is 0 Å². The lowest BCUT2D eigenvalue weighted by Gasteiger charge is -2.25. The van der Waals surface area contributed by atoms with Crippen LogP contribution in [0.25, 0.3) is 0 Å². The van der Waals surface area contributed by atoms with Crippen LogP contribution in [-0.2, 0) is 4.79 Å². The molecule has 0 heterocycles. The van der Waals surface area contributed by atoms with Crippen molar-refractivity contribution in [1.29, 1.82) is 0 Å². The highest BCUT2D eigenvalue weighted by Gasteiger charge is 2.26. The van der Waals surface area contributed by atoms with Gasteiger partial charge in [0.25, 0.3) is 0 Å². The third-order valence-electron chi connectivity index (χ3n) is 4.00. The van der Waals surface area contributed by atoms with Gasteiger partial charge in [-0.1, -0.05) is 13.8 Å². The topological polar surface area (TPSA) is 91.0 Å². The third-order valence-corrected chi connectivity index (χ3v) is 4.00. The lowest BCUT2D eigenvalue weighted by Crippen LogP contribution is -2.32. The average Bonchev–Trinajstić information content (AvgIpc) is 2.52. The van der Waals surface area contributed by atoms with Gasteiger partial charge in [-0.25, -0.2) is 0 Å². The lowest BCUT2D eigenvalue weighted by molar-refractivity contribution is -0.138. The zero-order chi connectivity index (χ0) is 16.9. The molecule has 3 N–H and O–H groups in total. The molecular weight excluding hydrogens is 286 g/mol. The maximum absolute atomic E-state index is 10.9. The van der Waals surface area contributed by atoms with Crippen LogP contribution < -0.4 is 19.9 Å². The zero-order valence-corrected chi connectivity index (χ0v) is 13.8. The Morgan fingerprint density at radius 1 is 1.14 bits per heavy atom. The van der Waals surface area contributed by atoms with Crippen molar-refractivity contribution in [2.45, 2.75) is 32.2 Å². The predicted molar refractivity (Wildman–Crippen MR) is 83.9 cm³/mol. The largest absolute Gasteiger partial charge is 0.496 e. The van der Waals surface area contributed by atoms with Gasteiger partial charge in [-0.15, -0.1) is 0 Å². The van der Waals surface area contributed by atoms with Gasteiger partial charge >= 0.3 is 5.97 Å². The number of ether oxygens (including phenoxy) is 3. The Morgan fingerprint density at radius 3 is 2.00 bits per heavy atom. The van der Waals surface area contributed by atoms with E-state index in [4.69, 9.17) is 25.1 Å². The fourth-order valence-electron chi connectivity index (χ4n) is 2.47. The number of aliphatic carboxylic acids is 1. The van der Waals surface area contributed by atoms with Crippen molar-refractivity contribution in [3.8, 4) is 17.2 Å². The Hall–Kier alpha value is -1.95. The summed E-state index contributed by atoms with van der Waals surface area (Å²) in [5, 5.41) is 8.96. The summed E-state index contributed by atoms with van der Waals surface area (Å²) in [6, 6.07) is 2.70. The number of carbonyl (C=O) groups is 1. The number of carboxylic acid groups (broad SMARTS) is 1. The van der Waals surface area contributed by atoms with Crippen LogP contribution >= 0.6 is 0 Å². The Kier molecular flexibility index (Phi) is 6.49. The second kappa shape index (κ2) is 7.89. The smallest absolute Gasteiger partial charge is 0.320 e. The van der Waals surface area contributed by atoms with E-state index in [-0.39, 0.29) is 11.8 Å². The summed E-state index contributed by atoms with van der Waals surface area (Å²) in [7, 11) is 4.74. The van der Waals surface area contributed by atoms with Crippen molar-refractivity contribution in [2.75, 3.05) is 21.3 Å². The minimum Gasteiger partial charge on any atom is -0.496 e. The van der Waals surface area contributed by atoms with Crippen molar-refractivity contribution in [3.05, 3.63) is 17.7 Å². The van der Waals surface area contributed by atoms with E-state index >= 15 is 0 Å². The summed E-state index contributed by atoms with van der Waals surface area (Å²) in [6.45, 7) is 3.97. The summed E-state index contributed by atoms with van der Waals surface area (Å²) in [6.07, 6.45) is 0.370. The normalized spacial score (nSPS) is 14.8. The van der Waals surface area contributed by atoms with Crippen molar-refractivity contribution in [3.63, 3.8) is 0 Å². The molecule has 0 spiro atoms. The molecule has 124 valence electrons. The Labute approximate surface area is 131 Å². The van der Waals surface area contributed by atoms with Gasteiger partial charge in [-0.3, -0.25) is 4.79 Å². The molecule has 0 fully saturated rings. The van der Waals surface area contributed by atoms with E-state index in [1.54, 1.807) is 33.5 Å². The molecule has 0 saturated heterocycles. The van der Waals surface area contributed by atoms with Crippen LogP contribution in [0.5, 0.6) is 17.2 Å². The number of methoxy groups -OCH3 is 3. The van der Waals surface area contributed by atoms with E-state index in [9.17, 15) is 4.79 Å². The fraction of sp³-hybridized carbons (Fsp3) is 0.562. The first-order valence-corrected chi connectivity index (χ1v) is 7.13. The second-order valence-electron chi connectivity index (χ2n) is 5.39. The molecule has 0 aliphatic heterocycles. The molecule has 22 heavy (non-hydrogen) atoms. The molecule has 0 radical (unpaired) electrons. The molecule has 3 unspecified atom stereocenters. The van der Waals surface area contributed by atoms with Gasteiger partial charge in [0.05, 0.1) is 21.3 Å². The maximum atomic E-state index is 10.9.